The molecule has 1 aliphatic heterocycles. The zero-order chi connectivity index (χ0) is 36.4. The van der Waals surface area contributed by atoms with E-state index in [9.17, 15) is 37.0 Å². The Bertz CT molecular complexity index is 1250. The molecule has 0 bridgehead atoms. The quantitative estimate of drug-likeness (QED) is 0.119. The minimum atomic E-state index is -4.21. The van der Waals surface area contributed by atoms with Gasteiger partial charge in [-0.05, 0) is 63.8 Å². The van der Waals surface area contributed by atoms with E-state index >= 15 is 0 Å². The van der Waals surface area contributed by atoms with Crippen molar-refractivity contribution in [2.24, 2.45) is 17.2 Å². The SMILES string of the molecule is CC.CC1(C)OB(O)c2cc(NC=O)cc(F)c21.CCNC(=O)C(N)CCC(=O)N(CCN)CCN.Cc1ccc(C(F)(F)F)cc1. The number of anilines is 1. The van der Waals surface area contributed by atoms with Crippen LogP contribution in [0.15, 0.2) is 36.4 Å². The van der Waals surface area contributed by atoms with Gasteiger partial charge in [-0.3, -0.25) is 14.4 Å². The zero-order valence-corrected chi connectivity index (χ0v) is 27.9. The summed E-state index contributed by atoms with van der Waals surface area (Å²) in [6, 6.07) is 7.12. The summed E-state index contributed by atoms with van der Waals surface area (Å²) in [5.74, 6) is -0.788. The fraction of sp³-hybridized carbons (Fsp3) is 0.516. The summed E-state index contributed by atoms with van der Waals surface area (Å²) in [5, 5.41) is 14.6. The third-order valence-corrected chi connectivity index (χ3v) is 6.51. The van der Waals surface area contributed by atoms with Crippen molar-refractivity contribution in [2.75, 3.05) is 38.0 Å². The first kappa shape index (κ1) is 43.4. The number of aryl methyl sites for hydroxylation is 1. The highest BCUT2D eigenvalue weighted by Crippen LogP contribution is 2.33. The van der Waals surface area contributed by atoms with E-state index < -0.39 is 36.3 Å². The smallest absolute Gasteiger partial charge is 0.423 e. The molecule has 16 heteroatoms. The number of likely N-dealkylation sites (N-methyl/N-ethyl adjacent to an activating group) is 1. The molecule has 0 aliphatic carbocycles. The van der Waals surface area contributed by atoms with E-state index in [-0.39, 0.29) is 18.2 Å². The number of nitrogens with zero attached hydrogens (tertiary/aromatic N) is 1. The number of fused-ring (bicyclic) bond motifs is 1. The summed E-state index contributed by atoms with van der Waals surface area (Å²) < 4.78 is 54.8. The second kappa shape index (κ2) is 21.3. The monoisotopic (exact) mass is 672 g/mol. The summed E-state index contributed by atoms with van der Waals surface area (Å²) in [5.41, 5.74) is 16.9. The van der Waals surface area contributed by atoms with Crippen LogP contribution in [0.5, 0.6) is 0 Å². The van der Waals surface area contributed by atoms with E-state index in [1.165, 1.54) is 24.3 Å². The number of benzene rings is 2. The Morgan fingerprint density at radius 1 is 1.11 bits per heavy atom. The second-order valence-corrected chi connectivity index (χ2v) is 10.5. The van der Waals surface area contributed by atoms with Crippen molar-refractivity contribution in [3.63, 3.8) is 0 Å². The average Bonchev–Trinajstić information content (AvgIpc) is 3.24. The molecule has 1 aliphatic rings. The molecule has 0 spiro atoms. The molecule has 11 nitrogen and oxygen atoms in total. The molecule has 264 valence electrons. The van der Waals surface area contributed by atoms with E-state index in [1.807, 2.05) is 20.8 Å². The van der Waals surface area contributed by atoms with Crippen molar-refractivity contribution in [3.05, 3.63) is 58.9 Å². The lowest BCUT2D eigenvalue weighted by Crippen LogP contribution is -2.43. The predicted molar refractivity (Wildman–Crippen MR) is 176 cm³/mol. The maximum absolute atomic E-state index is 13.8. The van der Waals surface area contributed by atoms with Crippen LogP contribution >= 0.6 is 0 Å². The van der Waals surface area contributed by atoms with Gasteiger partial charge in [0.25, 0.3) is 0 Å². The Labute approximate surface area is 274 Å². The van der Waals surface area contributed by atoms with Crippen molar-refractivity contribution in [1.82, 2.24) is 10.2 Å². The minimum Gasteiger partial charge on any atom is -0.423 e. The summed E-state index contributed by atoms with van der Waals surface area (Å²) >= 11 is 0. The van der Waals surface area contributed by atoms with Gasteiger partial charge in [0.15, 0.2) is 0 Å². The highest BCUT2D eigenvalue weighted by atomic mass is 19.4. The highest BCUT2D eigenvalue weighted by Gasteiger charge is 2.43. The van der Waals surface area contributed by atoms with Crippen LogP contribution < -0.4 is 33.3 Å². The van der Waals surface area contributed by atoms with Gasteiger partial charge in [0, 0.05) is 50.4 Å². The Morgan fingerprint density at radius 3 is 2.13 bits per heavy atom. The van der Waals surface area contributed by atoms with Crippen LogP contribution in [0.2, 0.25) is 0 Å². The predicted octanol–water partition coefficient (Wildman–Crippen LogP) is 2.36. The molecule has 0 aromatic heterocycles. The van der Waals surface area contributed by atoms with Crippen LogP contribution in [0.4, 0.5) is 23.2 Å². The van der Waals surface area contributed by atoms with E-state index in [1.54, 1.807) is 25.7 Å². The number of carbonyl (C=O) groups excluding carboxylic acids is 3. The molecule has 2 aromatic carbocycles. The van der Waals surface area contributed by atoms with Gasteiger partial charge in [-0.2, -0.15) is 13.2 Å². The number of rotatable bonds is 11. The van der Waals surface area contributed by atoms with Gasteiger partial charge in [-0.25, -0.2) is 4.39 Å². The van der Waals surface area contributed by atoms with E-state index in [2.05, 4.69) is 10.6 Å². The molecule has 0 radical (unpaired) electrons. The van der Waals surface area contributed by atoms with Crippen LogP contribution in [0.3, 0.4) is 0 Å². The lowest BCUT2D eigenvalue weighted by molar-refractivity contribution is -0.137. The van der Waals surface area contributed by atoms with Crippen LogP contribution in [0.1, 0.15) is 64.2 Å². The molecule has 2 aromatic rings. The molecule has 1 atom stereocenters. The largest absolute Gasteiger partial charge is 0.492 e. The maximum Gasteiger partial charge on any atom is 0.492 e. The van der Waals surface area contributed by atoms with Crippen LogP contribution in [-0.4, -0.2) is 74.0 Å². The lowest BCUT2D eigenvalue weighted by Gasteiger charge is -2.21. The fourth-order valence-electron chi connectivity index (χ4n) is 4.30. The summed E-state index contributed by atoms with van der Waals surface area (Å²) in [4.78, 5) is 35.1. The summed E-state index contributed by atoms with van der Waals surface area (Å²) in [6.45, 7) is 13.2. The van der Waals surface area contributed by atoms with Crippen LogP contribution in [0, 0.1) is 12.7 Å². The number of amides is 3. The normalized spacial score (nSPS) is 13.3. The topological polar surface area (TPSA) is 186 Å². The summed E-state index contributed by atoms with van der Waals surface area (Å²) in [6.07, 6.45) is -3.20. The number of alkyl halides is 3. The van der Waals surface area contributed by atoms with Gasteiger partial charge in [0.1, 0.15) is 5.82 Å². The molecule has 9 N–H and O–H groups in total. The van der Waals surface area contributed by atoms with Crippen LogP contribution in [-0.2, 0) is 30.8 Å². The first-order valence-corrected chi connectivity index (χ1v) is 15.3. The molecule has 0 saturated carbocycles. The first-order valence-electron chi connectivity index (χ1n) is 15.3. The zero-order valence-electron chi connectivity index (χ0n) is 27.9. The Morgan fingerprint density at radius 2 is 1.66 bits per heavy atom. The molecule has 3 amide bonds. The summed E-state index contributed by atoms with van der Waals surface area (Å²) in [7, 11) is -1.16. The van der Waals surface area contributed by atoms with Gasteiger partial charge in [-0.15, -0.1) is 0 Å². The molecule has 0 fully saturated rings. The number of nitrogens with two attached hydrogens (primary N) is 3. The number of nitrogens with one attached hydrogen (secondary N) is 2. The standard InChI is InChI=1S/C11H25N5O2.C10H11BFNO3.C8H7F3.C2H6/c1-2-15-11(18)9(14)3-4-10(17)16(7-5-12)8-6-13;1-10(2)9-7(11(15)16-10)3-6(13-5-14)4-8(9)12;1-6-2-4-7(5-3-6)8(9,10)11;1-2/h9H,2-8,12-14H2,1H3,(H,15,18);3-5,15H,1-2H3,(H,13,14);2-5H,1H3;1-2H3. The van der Waals surface area contributed by atoms with Crippen LogP contribution in [0.25, 0.3) is 0 Å². The van der Waals surface area contributed by atoms with Gasteiger partial charge >= 0.3 is 13.3 Å². The van der Waals surface area contributed by atoms with Crippen molar-refractivity contribution >= 4 is 36.5 Å². The molecule has 3 rings (SSSR count). The third-order valence-electron chi connectivity index (χ3n) is 6.51. The molecular formula is C31H49BF4N6O5. The molecule has 1 heterocycles. The number of halogens is 4. The Hall–Kier alpha value is -3.57. The van der Waals surface area contributed by atoms with Gasteiger partial charge in [-0.1, -0.05) is 31.5 Å². The number of hydrogen-bond acceptors (Lipinski definition) is 8. The van der Waals surface area contributed by atoms with E-state index in [0.29, 0.717) is 62.3 Å². The number of carbonyl (C=O) groups is 3. The third kappa shape index (κ3) is 14.8. The molecule has 1 unspecified atom stereocenters. The van der Waals surface area contributed by atoms with E-state index in [4.69, 9.17) is 21.9 Å². The lowest BCUT2D eigenvalue weighted by atomic mass is 9.78. The van der Waals surface area contributed by atoms with Crippen molar-refractivity contribution in [2.45, 2.75) is 72.2 Å². The Kier molecular flexibility index (Phi) is 19.7. The molecular weight excluding hydrogens is 623 g/mol. The second-order valence-electron chi connectivity index (χ2n) is 10.5. The molecule has 47 heavy (non-hydrogen) atoms. The Balaban J connectivity index is 0.000000673. The average molecular weight is 673 g/mol. The van der Waals surface area contributed by atoms with Crippen molar-refractivity contribution < 1.29 is 41.6 Å². The maximum atomic E-state index is 13.8. The van der Waals surface area contributed by atoms with Crippen molar-refractivity contribution in [3.8, 4) is 0 Å². The number of hydrogen-bond donors (Lipinski definition) is 6. The highest BCUT2D eigenvalue weighted by molar-refractivity contribution is 6.62. The van der Waals surface area contributed by atoms with Crippen molar-refractivity contribution in [1.29, 1.82) is 0 Å². The van der Waals surface area contributed by atoms with Gasteiger partial charge < -0.3 is 42.4 Å². The van der Waals surface area contributed by atoms with Gasteiger partial charge in [0.05, 0.1) is 17.2 Å². The van der Waals surface area contributed by atoms with Gasteiger partial charge in [0.2, 0.25) is 18.2 Å². The van der Waals surface area contributed by atoms with E-state index in [0.717, 1.165) is 17.7 Å². The first-order chi connectivity index (χ1) is 22.0. The molecule has 0 saturated heterocycles. The fourth-order valence-corrected chi connectivity index (χ4v) is 4.30. The minimum absolute atomic E-state index is 0.0642.